The summed E-state index contributed by atoms with van der Waals surface area (Å²) >= 11 is 1.36. The van der Waals surface area contributed by atoms with Crippen LogP contribution in [-0.4, -0.2) is 21.1 Å². The van der Waals surface area contributed by atoms with Crippen molar-refractivity contribution in [1.29, 1.82) is 0 Å². The van der Waals surface area contributed by atoms with Crippen molar-refractivity contribution >= 4 is 32.3 Å². The topological polar surface area (TPSA) is 73.9 Å². The van der Waals surface area contributed by atoms with Gasteiger partial charge in [-0.15, -0.1) is 0 Å². The molecule has 5 nitrogen and oxygen atoms in total. The first kappa shape index (κ1) is 17.7. The maximum atomic E-state index is 12.8. The van der Waals surface area contributed by atoms with Gasteiger partial charge in [-0.05, 0) is 37.0 Å². The number of aromatic nitrogens is 3. The van der Waals surface area contributed by atoms with Gasteiger partial charge in [-0.3, -0.25) is 0 Å². The minimum Gasteiger partial charge on any atom is -0.437 e. The highest BCUT2D eigenvalue weighted by Gasteiger charge is 2.39. The molecule has 1 aliphatic rings. The Kier molecular flexibility index (Phi) is 4.47. The van der Waals surface area contributed by atoms with E-state index in [0.717, 1.165) is 10.3 Å². The number of fused-ring (bicyclic) bond motifs is 1. The Morgan fingerprint density at radius 1 is 1.22 bits per heavy atom. The van der Waals surface area contributed by atoms with Crippen molar-refractivity contribution in [2.45, 2.75) is 25.4 Å². The lowest BCUT2D eigenvalue weighted by Crippen LogP contribution is -2.24. The van der Waals surface area contributed by atoms with E-state index in [1.165, 1.54) is 17.7 Å². The number of nitrogens with zero attached hydrogens (tertiary/aromatic N) is 3. The third-order valence-electron chi connectivity index (χ3n) is 4.46. The highest BCUT2D eigenvalue weighted by atomic mass is 32.1. The van der Waals surface area contributed by atoms with Crippen LogP contribution in [0.5, 0.6) is 11.6 Å². The molecule has 2 heterocycles. The Morgan fingerprint density at radius 3 is 2.81 bits per heavy atom. The molecule has 2 N–H and O–H groups in total. The highest BCUT2D eigenvalue weighted by molar-refractivity contribution is 7.22. The Morgan fingerprint density at radius 2 is 2.07 bits per heavy atom. The van der Waals surface area contributed by atoms with Crippen molar-refractivity contribution in [3.05, 3.63) is 42.4 Å². The molecule has 1 atom stereocenters. The SMILES string of the molecule is Nc1nc2c(Oc3cc(C4=CCC(C(F)(F)F)CC4)ncn3)cccc2s1. The number of thiazole rings is 1. The largest absolute Gasteiger partial charge is 0.437 e. The summed E-state index contributed by atoms with van der Waals surface area (Å²) in [5.74, 6) is -0.468. The number of ether oxygens (including phenoxy) is 1. The number of allylic oxidation sites excluding steroid dienone is 2. The molecule has 1 unspecified atom stereocenters. The molecule has 0 saturated carbocycles. The van der Waals surface area contributed by atoms with E-state index < -0.39 is 12.1 Å². The molecule has 3 aromatic rings. The van der Waals surface area contributed by atoms with Crippen molar-refractivity contribution in [2.24, 2.45) is 5.92 Å². The van der Waals surface area contributed by atoms with Gasteiger partial charge in [0.1, 0.15) is 11.8 Å². The number of halogens is 3. The molecule has 2 aromatic heterocycles. The first-order chi connectivity index (χ1) is 12.9. The summed E-state index contributed by atoms with van der Waals surface area (Å²) in [7, 11) is 0. The predicted octanol–water partition coefficient (Wildman–Crippen LogP) is 5.21. The lowest BCUT2D eigenvalue weighted by Gasteiger charge is -2.23. The number of anilines is 1. The maximum Gasteiger partial charge on any atom is 0.392 e. The number of nitrogens with two attached hydrogens (primary N) is 1. The Bertz CT molecular complexity index is 1020. The number of rotatable bonds is 3. The Balaban J connectivity index is 1.57. The van der Waals surface area contributed by atoms with E-state index in [9.17, 15) is 13.2 Å². The van der Waals surface area contributed by atoms with Gasteiger partial charge in [0.15, 0.2) is 10.9 Å². The molecule has 0 saturated heterocycles. The van der Waals surface area contributed by atoms with E-state index in [1.54, 1.807) is 18.2 Å². The fourth-order valence-corrected chi connectivity index (χ4v) is 3.82. The quantitative estimate of drug-likeness (QED) is 0.663. The van der Waals surface area contributed by atoms with Crippen molar-refractivity contribution in [3.63, 3.8) is 0 Å². The van der Waals surface area contributed by atoms with Crippen LogP contribution in [-0.2, 0) is 0 Å². The van der Waals surface area contributed by atoms with Crippen molar-refractivity contribution < 1.29 is 17.9 Å². The molecule has 0 spiro atoms. The van der Waals surface area contributed by atoms with Crippen LogP contribution in [0.4, 0.5) is 18.3 Å². The zero-order valence-electron chi connectivity index (χ0n) is 14.0. The average molecular weight is 392 g/mol. The van der Waals surface area contributed by atoms with Gasteiger partial charge in [0.25, 0.3) is 0 Å². The molecule has 0 fully saturated rings. The molecular formula is C18H15F3N4OS. The normalized spacial score (nSPS) is 17.7. The third-order valence-corrected chi connectivity index (χ3v) is 5.31. The predicted molar refractivity (Wildman–Crippen MR) is 97.5 cm³/mol. The van der Waals surface area contributed by atoms with E-state index >= 15 is 0 Å². The Labute approximate surface area is 156 Å². The van der Waals surface area contributed by atoms with Gasteiger partial charge in [0, 0.05) is 6.07 Å². The summed E-state index contributed by atoms with van der Waals surface area (Å²) in [5, 5.41) is 0.441. The molecule has 1 aromatic carbocycles. The second kappa shape index (κ2) is 6.80. The zero-order chi connectivity index (χ0) is 19.0. The van der Waals surface area contributed by atoms with Crippen LogP contribution in [0.15, 0.2) is 36.7 Å². The first-order valence-electron chi connectivity index (χ1n) is 8.31. The molecule has 0 bridgehead atoms. The lowest BCUT2D eigenvalue weighted by atomic mass is 9.88. The molecule has 0 aliphatic heterocycles. The zero-order valence-corrected chi connectivity index (χ0v) is 14.8. The second-order valence-electron chi connectivity index (χ2n) is 6.24. The summed E-state index contributed by atoms with van der Waals surface area (Å²) in [6, 6.07) is 7.12. The number of hydrogen-bond acceptors (Lipinski definition) is 6. The highest BCUT2D eigenvalue weighted by Crippen LogP contribution is 2.39. The minimum absolute atomic E-state index is 0.0313. The van der Waals surface area contributed by atoms with E-state index in [-0.39, 0.29) is 12.8 Å². The molecule has 0 amide bonds. The molecular weight excluding hydrogens is 377 g/mol. The first-order valence-corrected chi connectivity index (χ1v) is 9.13. The lowest BCUT2D eigenvalue weighted by molar-refractivity contribution is -0.175. The fourth-order valence-electron chi connectivity index (χ4n) is 3.07. The summed E-state index contributed by atoms with van der Waals surface area (Å²) in [5.41, 5.74) is 7.75. The number of para-hydroxylation sites is 1. The van der Waals surface area contributed by atoms with Gasteiger partial charge in [0.2, 0.25) is 5.88 Å². The van der Waals surface area contributed by atoms with E-state index in [0.29, 0.717) is 34.4 Å². The molecule has 140 valence electrons. The van der Waals surface area contributed by atoms with Crippen LogP contribution >= 0.6 is 11.3 Å². The number of hydrogen-bond donors (Lipinski definition) is 1. The van der Waals surface area contributed by atoms with Crippen molar-refractivity contribution in [1.82, 2.24) is 15.0 Å². The summed E-state index contributed by atoms with van der Waals surface area (Å²) in [4.78, 5) is 12.5. The second-order valence-corrected chi connectivity index (χ2v) is 7.30. The number of nitrogen functional groups attached to an aromatic ring is 1. The molecule has 1 aliphatic carbocycles. The van der Waals surface area contributed by atoms with Crippen LogP contribution in [0.25, 0.3) is 15.8 Å². The van der Waals surface area contributed by atoms with Crippen LogP contribution < -0.4 is 10.5 Å². The van der Waals surface area contributed by atoms with Crippen LogP contribution in [0.2, 0.25) is 0 Å². The van der Waals surface area contributed by atoms with Gasteiger partial charge in [-0.2, -0.15) is 13.2 Å². The third kappa shape index (κ3) is 3.73. The van der Waals surface area contributed by atoms with Crippen molar-refractivity contribution in [2.75, 3.05) is 5.73 Å². The number of alkyl halides is 3. The van der Waals surface area contributed by atoms with Gasteiger partial charge in [0.05, 0.1) is 16.3 Å². The van der Waals surface area contributed by atoms with Crippen molar-refractivity contribution in [3.8, 4) is 11.6 Å². The summed E-state index contributed by atoms with van der Waals surface area (Å²) < 4.78 is 45.2. The summed E-state index contributed by atoms with van der Waals surface area (Å²) in [6.07, 6.45) is -0.856. The standard InChI is InChI=1S/C18H15F3N4OS/c19-18(20,21)11-6-4-10(5-7-11)12-8-15(24-9-23-12)26-13-2-1-3-14-16(13)25-17(22)27-14/h1-4,8-9,11H,5-7H2,(H2,22,25). The van der Waals surface area contributed by atoms with Gasteiger partial charge >= 0.3 is 6.18 Å². The van der Waals surface area contributed by atoms with E-state index in [4.69, 9.17) is 10.5 Å². The summed E-state index contributed by atoms with van der Waals surface area (Å²) in [6.45, 7) is 0. The molecule has 27 heavy (non-hydrogen) atoms. The maximum absolute atomic E-state index is 12.8. The van der Waals surface area contributed by atoms with Gasteiger partial charge < -0.3 is 10.5 Å². The van der Waals surface area contributed by atoms with E-state index in [2.05, 4.69) is 15.0 Å². The molecule has 4 rings (SSSR count). The fraction of sp³-hybridized carbons (Fsp3) is 0.278. The smallest absolute Gasteiger partial charge is 0.392 e. The molecule has 9 heteroatoms. The van der Waals surface area contributed by atoms with Crippen LogP contribution in [0.1, 0.15) is 25.0 Å². The molecule has 0 radical (unpaired) electrons. The van der Waals surface area contributed by atoms with E-state index in [1.807, 2.05) is 12.1 Å². The Hall–Kier alpha value is -2.68. The van der Waals surface area contributed by atoms with Crippen LogP contribution in [0, 0.1) is 5.92 Å². The van der Waals surface area contributed by atoms with Gasteiger partial charge in [-0.25, -0.2) is 15.0 Å². The monoisotopic (exact) mass is 392 g/mol. The number of benzene rings is 1. The minimum atomic E-state index is -4.16. The van der Waals surface area contributed by atoms with Crippen LogP contribution in [0.3, 0.4) is 0 Å². The van der Waals surface area contributed by atoms with Gasteiger partial charge in [-0.1, -0.05) is 23.5 Å². The average Bonchev–Trinajstić information content (AvgIpc) is 3.03.